The molecular formula is C16H27NO4. The van der Waals surface area contributed by atoms with Gasteiger partial charge in [0.1, 0.15) is 11.9 Å². The SMILES string of the molecule is CCCC(CNCC)Oc1cc(OC)c(OC)c(OC)c1. The van der Waals surface area contributed by atoms with Crippen molar-refractivity contribution >= 4 is 0 Å². The summed E-state index contributed by atoms with van der Waals surface area (Å²) in [6, 6.07) is 3.66. The fourth-order valence-electron chi connectivity index (χ4n) is 2.15. The van der Waals surface area contributed by atoms with Gasteiger partial charge in [0.05, 0.1) is 21.3 Å². The van der Waals surface area contributed by atoms with E-state index in [9.17, 15) is 0 Å². The highest BCUT2D eigenvalue weighted by molar-refractivity contribution is 5.55. The molecular weight excluding hydrogens is 270 g/mol. The van der Waals surface area contributed by atoms with Gasteiger partial charge in [0.15, 0.2) is 11.5 Å². The van der Waals surface area contributed by atoms with Crippen LogP contribution in [0.4, 0.5) is 0 Å². The number of hydrogen-bond acceptors (Lipinski definition) is 5. The number of methoxy groups -OCH3 is 3. The van der Waals surface area contributed by atoms with Gasteiger partial charge in [0.2, 0.25) is 5.75 Å². The molecule has 1 aromatic rings. The normalized spacial score (nSPS) is 11.9. The lowest BCUT2D eigenvalue weighted by atomic mass is 10.2. The molecule has 0 aliphatic rings. The minimum Gasteiger partial charge on any atom is -0.493 e. The van der Waals surface area contributed by atoms with E-state index < -0.39 is 0 Å². The Labute approximate surface area is 127 Å². The van der Waals surface area contributed by atoms with Crippen molar-refractivity contribution in [1.29, 1.82) is 0 Å². The lowest BCUT2D eigenvalue weighted by Crippen LogP contribution is -2.31. The van der Waals surface area contributed by atoms with Crippen LogP contribution in [-0.4, -0.2) is 40.5 Å². The van der Waals surface area contributed by atoms with Crippen LogP contribution in [0.3, 0.4) is 0 Å². The van der Waals surface area contributed by atoms with E-state index in [1.165, 1.54) is 0 Å². The van der Waals surface area contributed by atoms with Crippen LogP contribution in [-0.2, 0) is 0 Å². The summed E-state index contributed by atoms with van der Waals surface area (Å²) >= 11 is 0. The Morgan fingerprint density at radius 1 is 1.00 bits per heavy atom. The van der Waals surface area contributed by atoms with Crippen molar-refractivity contribution in [3.8, 4) is 23.0 Å². The van der Waals surface area contributed by atoms with Gasteiger partial charge in [0, 0.05) is 18.7 Å². The van der Waals surface area contributed by atoms with Crippen LogP contribution in [0, 0.1) is 0 Å². The summed E-state index contributed by atoms with van der Waals surface area (Å²) in [6.07, 6.45) is 2.18. The van der Waals surface area contributed by atoms with Crippen LogP contribution in [0.25, 0.3) is 0 Å². The average Bonchev–Trinajstić information content (AvgIpc) is 2.51. The molecule has 0 bridgehead atoms. The molecule has 0 radical (unpaired) electrons. The van der Waals surface area contributed by atoms with Crippen LogP contribution < -0.4 is 24.3 Å². The first-order chi connectivity index (χ1) is 10.2. The molecule has 1 N–H and O–H groups in total. The fraction of sp³-hybridized carbons (Fsp3) is 0.625. The summed E-state index contributed by atoms with van der Waals surface area (Å²) < 4.78 is 22.1. The van der Waals surface area contributed by atoms with Gasteiger partial charge in [-0.1, -0.05) is 20.3 Å². The molecule has 1 atom stereocenters. The van der Waals surface area contributed by atoms with Crippen molar-refractivity contribution in [1.82, 2.24) is 5.32 Å². The highest BCUT2D eigenvalue weighted by Gasteiger charge is 2.16. The zero-order valence-corrected chi connectivity index (χ0v) is 13.7. The van der Waals surface area contributed by atoms with Gasteiger partial charge in [-0.05, 0) is 13.0 Å². The van der Waals surface area contributed by atoms with Crippen molar-refractivity contribution in [3.63, 3.8) is 0 Å². The lowest BCUT2D eigenvalue weighted by molar-refractivity contribution is 0.185. The van der Waals surface area contributed by atoms with E-state index in [1.54, 1.807) is 21.3 Å². The molecule has 0 aromatic heterocycles. The average molecular weight is 297 g/mol. The highest BCUT2D eigenvalue weighted by atomic mass is 16.5. The number of rotatable bonds is 10. The first-order valence-electron chi connectivity index (χ1n) is 7.37. The standard InChI is InChI=1S/C16H27NO4/c1-6-8-12(11-17-7-2)21-13-9-14(18-3)16(20-5)15(10-13)19-4/h9-10,12,17H,6-8,11H2,1-5H3. The second-order valence-electron chi connectivity index (χ2n) is 4.70. The number of ether oxygens (including phenoxy) is 4. The number of hydrogen-bond donors (Lipinski definition) is 1. The van der Waals surface area contributed by atoms with E-state index in [0.29, 0.717) is 17.2 Å². The van der Waals surface area contributed by atoms with Crippen LogP contribution >= 0.6 is 0 Å². The number of benzene rings is 1. The third kappa shape index (κ3) is 5.01. The third-order valence-electron chi connectivity index (χ3n) is 3.17. The molecule has 120 valence electrons. The van der Waals surface area contributed by atoms with Crippen LogP contribution in [0.5, 0.6) is 23.0 Å². The predicted molar refractivity (Wildman–Crippen MR) is 84.0 cm³/mol. The van der Waals surface area contributed by atoms with Gasteiger partial charge >= 0.3 is 0 Å². The van der Waals surface area contributed by atoms with Crippen molar-refractivity contribution < 1.29 is 18.9 Å². The van der Waals surface area contributed by atoms with E-state index in [4.69, 9.17) is 18.9 Å². The molecule has 0 heterocycles. The fourth-order valence-corrected chi connectivity index (χ4v) is 2.15. The topological polar surface area (TPSA) is 49.0 Å². The molecule has 0 spiro atoms. The maximum absolute atomic E-state index is 6.06. The number of likely N-dealkylation sites (N-methyl/N-ethyl adjacent to an activating group) is 1. The van der Waals surface area contributed by atoms with Gasteiger partial charge in [0.25, 0.3) is 0 Å². The van der Waals surface area contributed by atoms with Gasteiger partial charge < -0.3 is 24.3 Å². The van der Waals surface area contributed by atoms with Crippen LogP contribution in [0.15, 0.2) is 12.1 Å². The van der Waals surface area contributed by atoms with Crippen molar-refractivity contribution in [2.75, 3.05) is 34.4 Å². The smallest absolute Gasteiger partial charge is 0.203 e. The molecule has 0 aliphatic heterocycles. The zero-order chi connectivity index (χ0) is 15.7. The Balaban J connectivity index is 2.94. The molecule has 0 fully saturated rings. The van der Waals surface area contributed by atoms with Gasteiger partial charge in [-0.2, -0.15) is 0 Å². The first-order valence-corrected chi connectivity index (χ1v) is 7.37. The Morgan fingerprint density at radius 3 is 2.05 bits per heavy atom. The van der Waals surface area contributed by atoms with E-state index in [0.717, 1.165) is 31.7 Å². The van der Waals surface area contributed by atoms with E-state index in [2.05, 4.69) is 19.2 Å². The van der Waals surface area contributed by atoms with Crippen molar-refractivity contribution in [2.45, 2.75) is 32.8 Å². The minimum atomic E-state index is 0.123. The maximum Gasteiger partial charge on any atom is 0.203 e. The predicted octanol–water partition coefficient (Wildman–Crippen LogP) is 2.87. The first kappa shape index (κ1) is 17.4. The lowest BCUT2D eigenvalue weighted by Gasteiger charge is -2.21. The third-order valence-corrected chi connectivity index (χ3v) is 3.17. The summed E-state index contributed by atoms with van der Waals surface area (Å²) in [4.78, 5) is 0. The Kier molecular flexibility index (Phi) is 7.75. The molecule has 5 nitrogen and oxygen atoms in total. The highest BCUT2D eigenvalue weighted by Crippen LogP contribution is 2.41. The van der Waals surface area contributed by atoms with Crippen LogP contribution in [0.1, 0.15) is 26.7 Å². The minimum absolute atomic E-state index is 0.123. The van der Waals surface area contributed by atoms with E-state index in [1.807, 2.05) is 12.1 Å². The molecule has 0 saturated carbocycles. The van der Waals surface area contributed by atoms with Gasteiger partial charge in [-0.15, -0.1) is 0 Å². The quantitative estimate of drug-likeness (QED) is 0.719. The molecule has 0 aliphatic carbocycles. The second-order valence-corrected chi connectivity index (χ2v) is 4.70. The van der Waals surface area contributed by atoms with Crippen LogP contribution in [0.2, 0.25) is 0 Å². The largest absolute Gasteiger partial charge is 0.493 e. The van der Waals surface area contributed by atoms with Gasteiger partial charge in [-0.3, -0.25) is 0 Å². The van der Waals surface area contributed by atoms with E-state index in [-0.39, 0.29) is 6.10 Å². The summed E-state index contributed by atoms with van der Waals surface area (Å²) in [5, 5.41) is 3.32. The maximum atomic E-state index is 6.06. The monoisotopic (exact) mass is 297 g/mol. The Bertz CT molecular complexity index is 398. The summed E-state index contributed by atoms with van der Waals surface area (Å²) in [5.74, 6) is 2.50. The summed E-state index contributed by atoms with van der Waals surface area (Å²) in [5.41, 5.74) is 0. The van der Waals surface area contributed by atoms with Crippen molar-refractivity contribution in [2.24, 2.45) is 0 Å². The number of nitrogens with one attached hydrogen (secondary N) is 1. The molecule has 21 heavy (non-hydrogen) atoms. The summed E-state index contributed by atoms with van der Waals surface area (Å²) in [7, 11) is 4.79. The molecule has 5 heteroatoms. The summed E-state index contributed by atoms with van der Waals surface area (Å²) in [6.45, 7) is 5.99. The molecule has 0 amide bonds. The molecule has 1 aromatic carbocycles. The second kappa shape index (κ2) is 9.34. The zero-order valence-electron chi connectivity index (χ0n) is 13.7. The van der Waals surface area contributed by atoms with Gasteiger partial charge in [-0.25, -0.2) is 0 Å². The molecule has 1 rings (SSSR count). The van der Waals surface area contributed by atoms with Crippen molar-refractivity contribution in [3.05, 3.63) is 12.1 Å². The molecule has 0 saturated heterocycles. The molecule has 1 unspecified atom stereocenters. The Hall–Kier alpha value is -1.62. The van der Waals surface area contributed by atoms with E-state index >= 15 is 0 Å². The Morgan fingerprint density at radius 2 is 1.62 bits per heavy atom.